The first-order valence-corrected chi connectivity index (χ1v) is 10.3. The molecule has 0 saturated carbocycles. The number of hydrogen-bond acceptors (Lipinski definition) is 2. The maximum Gasteiger partial charge on any atom is 0.165 e. The van der Waals surface area contributed by atoms with E-state index in [-0.39, 0.29) is 17.6 Å². The van der Waals surface area contributed by atoms with Gasteiger partial charge in [-0.1, -0.05) is 64.1 Å². The Labute approximate surface area is 179 Å². The molecule has 152 valence electrons. The Balaban J connectivity index is 2.34. The lowest BCUT2D eigenvalue weighted by atomic mass is 10.0. The number of carbonyl (C=O) groups excluding carboxylic acids is 1. The molecule has 0 bridgehead atoms. The quantitative estimate of drug-likeness (QED) is 0.216. The Kier molecular flexibility index (Phi) is 8.41. The molecule has 0 aliphatic heterocycles. The van der Waals surface area contributed by atoms with E-state index in [4.69, 9.17) is 16.6 Å². The maximum absolute atomic E-state index is 12.2. The summed E-state index contributed by atoms with van der Waals surface area (Å²) in [6, 6.07) is 15.2. The van der Waals surface area contributed by atoms with Crippen molar-refractivity contribution in [2.45, 2.75) is 34.1 Å². The molecule has 0 amide bonds. The van der Waals surface area contributed by atoms with Gasteiger partial charge in [0.1, 0.15) is 5.84 Å². The largest absolute Gasteiger partial charge is 0.344 e. The van der Waals surface area contributed by atoms with Crippen molar-refractivity contribution in [3.63, 3.8) is 0 Å². The number of amidine groups is 1. The van der Waals surface area contributed by atoms with E-state index in [9.17, 15) is 4.79 Å². The van der Waals surface area contributed by atoms with Crippen molar-refractivity contribution >= 4 is 34.6 Å². The molecule has 1 N–H and O–H groups in total. The minimum Gasteiger partial charge on any atom is -0.344 e. The first kappa shape index (κ1) is 22.6. The lowest BCUT2D eigenvalue weighted by Crippen LogP contribution is -2.20. The Bertz CT molecular complexity index is 893. The summed E-state index contributed by atoms with van der Waals surface area (Å²) >= 11 is 6.02. The van der Waals surface area contributed by atoms with Crippen LogP contribution in [0.2, 0.25) is 5.02 Å². The smallest absolute Gasteiger partial charge is 0.165 e. The fraction of sp³-hybridized carbons (Fsp3) is 0.280. The summed E-state index contributed by atoms with van der Waals surface area (Å²) < 4.78 is 0. The van der Waals surface area contributed by atoms with E-state index < -0.39 is 0 Å². The summed E-state index contributed by atoms with van der Waals surface area (Å²) in [5.74, 6) is 1.22. The molecule has 2 aromatic rings. The molecule has 1 atom stereocenters. The van der Waals surface area contributed by atoms with E-state index >= 15 is 0 Å². The Morgan fingerprint density at radius 2 is 1.66 bits per heavy atom. The van der Waals surface area contributed by atoms with E-state index in [1.54, 1.807) is 6.08 Å². The molecular formula is C25H29ClN2O. The van der Waals surface area contributed by atoms with Gasteiger partial charge in [-0.15, -0.1) is 0 Å². The average molecular weight is 409 g/mol. The molecule has 0 spiro atoms. The fourth-order valence-corrected chi connectivity index (χ4v) is 2.84. The molecule has 29 heavy (non-hydrogen) atoms. The Hall–Kier alpha value is -2.65. The molecule has 0 saturated heterocycles. The second kappa shape index (κ2) is 10.8. The third-order valence-electron chi connectivity index (χ3n) is 4.70. The number of aliphatic imine (C=N–C) groups is 1. The number of hydrogen-bond donors (Lipinski definition) is 1. The normalized spacial score (nSPS) is 13.3. The van der Waals surface area contributed by atoms with Crippen LogP contribution in [0.15, 0.2) is 72.3 Å². The summed E-state index contributed by atoms with van der Waals surface area (Å²) in [5, 5.41) is 4.12. The van der Waals surface area contributed by atoms with E-state index in [0.29, 0.717) is 5.02 Å². The number of nitrogens with one attached hydrogen (secondary N) is 1. The molecule has 0 aliphatic carbocycles. The molecule has 1 unspecified atom stereocenters. The molecule has 0 aromatic heterocycles. The third kappa shape index (κ3) is 6.43. The maximum atomic E-state index is 12.2. The molecular weight excluding hydrogens is 380 g/mol. The highest BCUT2D eigenvalue weighted by molar-refractivity contribution is 6.30. The van der Waals surface area contributed by atoms with Crippen molar-refractivity contribution in [3.8, 4) is 0 Å². The molecule has 4 heteroatoms. The molecule has 0 fully saturated rings. The van der Waals surface area contributed by atoms with Gasteiger partial charge in [-0.2, -0.15) is 0 Å². The second-order valence-corrected chi connectivity index (χ2v) is 7.76. The summed E-state index contributed by atoms with van der Waals surface area (Å²) in [7, 11) is 0. The standard InChI is InChI=1S/C25H29ClN2O/c1-6-8-23(19-9-13-21(26)14-10-19)28-25(18(5)7-2)27-22-15-11-20(12-16-22)24(29)17(3)4/h6,8-18H,1,7H2,2-5H3,(H,27,28)/b23-8-. The zero-order chi connectivity index (χ0) is 21.4. The first-order valence-electron chi connectivity index (χ1n) is 9.94. The molecule has 3 nitrogen and oxygen atoms in total. The summed E-state index contributed by atoms with van der Waals surface area (Å²) in [5.41, 5.74) is 3.40. The van der Waals surface area contributed by atoms with Crippen LogP contribution in [0.4, 0.5) is 5.69 Å². The highest BCUT2D eigenvalue weighted by Crippen LogP contribution is 2.22. The van der Waals surface area contributed by atoms with Crippen molar-refractivity contribution in [1.82, 2.24) is 0 Å². The predicted molar refractivity (Wildman–Crippen MR) is 126 cm³/mol. The molecule has 0 aliphatic rings. The Morgan fingerprint density at radius 1 is 1.07 bits per heavy atom. The van der Waals surface area contributed by atoms with Gasteiger partial charge in [0, 0.05) is 33.7 Å². The molecule has 0 heterocycles. The number of benzene rings is 2. The van der Waals surface area contributed by atoms with Crippen LogP contribution in [0, 0.1) is 11.8 Å². The minimum atomic E-state index is -0.0166. The van der Waals surface area contributed by atoms with Gasteiger partial charge in [-0.05, 0) is 48.9 Å². The molecule has 2 aromatic carbocycles. The molecule has 0 radical (unpaired) electrons. The summed E-state index contributed by atoms with van der Waals surface area (Å²) in [6.45, 7) is 11.9. The summed E-state index contributed by atoms with van der Waals surface area (Å²) in [4.78, 5) is 17.1. The number of nitrogens with zero attached hydrogens (tertiary/aromatic N) is 1. The van der Waals surface area contributed by atoms with Crippen LogP contribution >= 0.6 is 11.6 Å². The van der Waals surface area contributed by atoms with Crippen molar-refractivity contribution in [1.29, 1.82) is 0 Å². The van der Waals surface area contributed by atoms with Gasteiger partial charge >= 0.3 is 0 Å². The van der Waals surface area contributed by atoms with Gasteiger partial charge in [-0.25, -0.2) is 4.99 Å². The SMILES string of the molecule is C=C/C=C(\N=C(Nc1ccc(C(=O)C(C)C)cc1)C(C)CC)c1ccc(Cl)cc1. The van der Waals surface area contributed by atoms with Crippen molar-refractivity contribution < 1.29 is 4.79 Å². The van der Waals surface area contributed by atoms with Gasteiger partial charge in [0.05, 0.1) is 5.70 Å². The van der Waals surface area contributed by atoms with Crippen LogP contribution in [-0.4, -0.2) is 11.6 Å². The van der Waals surface area contributed by atoms with E-state index in [1.165, 1.54) is 0 Å². The highest BCUT2D eigenvalue weighted by atomic mass is 35.5. The van der Waals surface area contributed by atoms with Crippen LogP contribution in [0.3, 0.4) is 0 Å². The lowest BCUT2D eigenvalue weighted by molar-refractivity contribution is 0.0939. The van der Waals surface area contributed by atoms with Crippen LogP contribution in [0.25, 0.3) is 5.70 Å². The number of carbonyl (C=O) groups is 1. The number of anilines is 1. The third-order valence-corrected chi connectivity index (χ3v) is 4.95. The Morgan fingerprint density at radius 3 is 2.17 bits per heavy atom. The molecule has 2 rings (SSSR count). The first-order chi connectivity index (χ1) is 13.8. The van der Waals surface area contributed by atoms with Crippen molar-refractivity contribution in [3.05, 3.63) is 83.4 Å². The van der Waals surface area contributed by atoms with Crippen molar-refractivity contribution in [2.75, 3.05) is 5.32 Å². The number of halogens is 1. The van der Waals surface area contributed by atoms with E-state index in [1.807, 2.05) is 68.5 Å². The average Bonchev–Trinajstić information content (AvgIpc) is 2.72. The van der Waals surface area contributed by atoms with Crippen LogP contribution in [0.1, 0.15) is 50.0 Å². The van der Waals surface area contributed by atoms with E-state index in [2.05, 4.69) is 25.7 Å². The van der Waals surface area contributed by atoms with Gasteiger partial charge in [0.25, 0.3) is 0 Å². The minimum absolute atomic E-state index is 0.0166. The van der Waals surface area contributed by atoms with Crippen LogP contribution in [0.5, 0.6) is 0 Å². The van der Waals surface area contributed by atoms with Gasteiger partial charge < -0.3 is 5.32 Å². The van der Waals surface area contributed by atoms with Gasteiger partial charge in [0.15, 0.2) is 5.78 Å². The van der Waals surface area contributed by atoms with E-state index in [0.717, 1.165) is 34.8 Å². The topological polar surface area (TPSA) is 41.5 Å². The van der Waals surface area contributed by atoms with Crippen molar-refractivity contribution in [2.24, 2.45) is 16.8 Å². The fourth-order valence-electron chi connectivity index (χ4n) is 2.71. The van der Waals surface area contributed by atoms with Crippen LogP contribution in [-0.2, 0) is 0 Å². The number of allylic oxidation sites excluding steroid dienone is 2. The number of Topliss-reactive ketones (excluding diaryl/α,β-unsaturated/α-hetero) is 1. The zero-order valence-corrected chi connectivity index (χ0v) is 18.3. The summed E-state index contributed by atoms with van der Waals surface area (Å²) in [6.07, 6.45) is 4.56. The highest BCUT2D eigenvalue weighted by Gasteiger charge is 2.13. The predicted octanol–water partition coefficient (Wildman–Crippen LogP) is 7.26. The van der Waals surface area contributed by atoms with Gasteiger partial charge in [-0.3, -0.25) is 4.79 Å². The van der Waals surface area contributed by atoms with Crippen LogP contribution < -0.4 is 5.32 Å². The number of ketones is 1. The second-order valence-electron chi connectivity index (χ2n) is 7.32. The lowest BCUT2D eigenvalue weighted by Gasteiger charge is -2.17. The number of rotatable bonds is 8. The monoisotopic (exact) mass is 408 g/mol. The van der Waals surface area contributed by atoms with Gasteiger partial charge in [0.2, 0.25) is 0 Å². The zero-order valence-electron chi connectivity index (χ0n) is 17.6.